The second-order valence-electron chi connectivity index (χ2n) is 24.8. The Morgan fingerprint density at radius 2 is 1.71 bits per heavy atom. The quantitative estimate of drug-likeness (QED) is 0.0467. The number of aromatic nitrogens is 1. The van der Waals surface area contributed by atoms with Crippen LogP contribution < -0.4 is 20.7 Å². The lowest BCUT2D eigenvalue weighted by Crippen LogP contribution is -2.59. The van der Waals surface area contributed by atoms with Gasteiger partial charge in [0.1, 0.15) is 36.6 Å². The van der Waals surface area contributed by atoms with E-state index in [1.807, 2.05) is 25.1 Å². The van der Waals surface area contributed by atoms with Gasteiger partial charge >= 0.3 is 12.1 Å². The molecule has 0 bridgehead atoms. The molecule has 2 aromatic rings. The molecule has 3 aliphatic carbocycles. The Bertz CT molecular complexity index is 2500. The fourth-order valence-corrected chi connectivity index (χ4v) is 13.0. The Morgan fingerprint density at radius 1 is 0.987 bits per heavy atom. The number of benzene rings is 1. The molecule has 2 saturated heterocycles. The number of aliphatic hydroxyl groups is 1. The number of halogens is 1. The molecule has 3 fully saturated rings. The highest BCUT2D eigenvalue weighted by Gasteiger charge is 2.53. The number of rotatable bonds is 23. The molecule has 17 nitrogen and oxygen atoms in total. The van der Waals surface area contributed by atoms with Crippen LogP contribution in [-0.2, 0) is 49.1 Å². The van der Waals surface area contributed by atoms with Gasteiger partial charge in [-0.15, -0.1) is 11.3 Å². The first-order valence-corrected chi connectivity index (χ1v) is 31.8. The number of alkyl carbamates (subject to hydrolysis) is 1. The average Bonchev–Trinajstić information content (AvgIpc) is 3.78. The monoisotopic (exact) mass is 1120 g/mol. The number of ether oxygens (including phenoxy) is 5. The molecule has 1 saturated carbocycles. The van der Waals surface area contributed by atoms with E-state index in [0.29, 0.717) is 30.6 Å². The summed E-state index contributed by atoms with van der Waals surface area (Å²) in [5.74, 6) is -0.844. The number of esters is 1. The molecule has 4 N–H and O–H groups in total. The number of hydrogen-bond acceptors (Lipinski definition) is 14. The average molecular weight is 1120 g/mol. The number of nitrogens with zero attached hydrogens (tertiary/aromatic N) is 2. The van der Waals surface area contributed by atoms with Crippen LogP contribution in [0.25, 0.3) is 10.4 Å². The number of thiazole rings is 1. The molecule has 7 rings (SSSR count). The standard InChI is InChI=1S/C58H86FN5O12SSi/c1-35-26-38-13-12-36(2)44(17-16-42-30-43(31-48(66)74-42)76-78(10,11)57(7,8)9)49(38)47(27-35)75-55(70)60-20-21-71-22-23-72-24-25-73-46-28-39(50-37(3)62-34-77-50)14-15-40(46)32-61-52(67)45-29-41(65)33-64(45)53(68)51(56(4,5)6)63-54(69)58(59)18-19-58/h12-15,26,28,34-36,41-45,47,49,51,65H,16-25,27,29-33H2,1-11H3,(H,60,70)(H,61,67)(H,63,69)/t35-,36-,41+,42+,43+,44-,45-,47-,49-,51+/m0/s1. The summed E-state index contributed by atoms with van der Waals surface area (Å²) in [4.78, 5) is 73.2. The van der Waals surface area contributed by atoms with E-state index in [4.69, 9.17) is 28.1 Å². The smallest absolute Gasteiger partial charge is 0.407 e. The van der Waals surface area contributed by atoms with Crippen molar-refractivity contribution in [3.8, 4) is 16.2 Å². The van der Waals surface area contributed by atoms with Gasteiger partial charge in [0.25, 0.3) is 5.91 Å². The maximum atomic E-state index is 14.7. The summed E-state index contributed by atoms with van der Waals surface area (Å²) >= 11 is 1.50. The minimum Gasteiger partial charge on any atom is -0.491 e. The van der Waals surface area contributed by atoms with Gasteiger partial charge < -0.3 is 54.1 Å². The Kier molecular flexibility index (Phi) is 20.1. The molecule has 78 heavy (non-hydrogen) atoms. The molecule has 1 aromatic carbocycles. The van der Waals surface area contributed by atoms with Gasteiger partial charge in [0.15, 0.2) is 14.0 Å². The number of amides is 4. The topological polar surface area (TPSA) is 213 Å². The van der Waals surface area contributed by atoms with Crippen molar-refractivity contribution in [2.24, 2.45) is 29.1 Å². The Hall–Kier alpha value is -4.73. The van der Waals surface area contributed by atoms with Crippen molar-refractivity contribution in [3.63, 3.8) is 0 Å². The molecule has 2 aliphatic heterocycles. The maximum absolute atomic E-state index is 14.7. The molecule has 3 heterocycles. The van der Waals surface area contributed by atoms with Gasteiger partial charge in [-0.2, -0.15) is 0 Å². The van der Waals surface area contributed by atoms with Crippen molar-refractivity contribution in [3.05, 3.63) is 58.8 Å². The van der Waals surface area contributed by atoms with Crippen LogP contribution in [0.2, 0.25) is 18.1 Å². The van der Waals surface area contributed by atoms with E-state index in [1.165, 1.54) is 21.8 Å². The van der Waals surface area contributed by atoms with Crippen LogP contribution >= 0.6 is 11.3 Å². The molecule has 5 aliphatic rings. The SMILES string of the molecule is Cc1ncsc1-c1ccc(CNC(=O)[C@@H]2C[C@@H](O)CN2C(=O)[C@@H](NC(=O)C2(F)CC2)C(C)(C)C)c(OCCOCCOCCNC(=O)O[C@H]2C[C@@H](C)C=C3C=C[C@H](C)[C@H](CC[C@@H]4C[C@@H](O[Si](C)(C)C(C)(C)C)CC(=O)O4)[C@H]32)c1. The highest BCUT2D eigenvalue weighted by Crippen LogP contribution is 2.46. The zero-order valence-electron chi connectivity index (χ0n) is 47.7. The number of aliphatic hydroxyl groups excluding tert-OH is 1. The van der Waals surface area contributed by atoms with E-state index < -0.39 is 61.4 Å². The summed E-state index contributed by atoms with van der Waals surface area (Å²) in [7, 11) is -2.06. The number of carbonyl (C=O) groups excluding carboxylic acids is 5. The van der Waals surface area contributed by atoms with Crippen molar-refractivity contribution in [2.45, 2.75) is 181 Å². The summed E-state index contributed by atoms with van der Waals surface area (Å²) in [6, 6.07) is 3.55. The van der Waals surface area contributed by atoms with Gasteiger partial charge in [-0.3, -0.25) is 19.2 Å². The number of allylic oxidation sites excluding steroid dienone is 3. The first kappa shape index (κ1) is 60.9. The molecule has 1 aromatic heterocycles. The number of carbonyl (C=O) groups is 5. The zero-order chi connectivity index (χ0) is 56.7. The Labute approximate surface area is 465 Å². The fraction of sp³-hybridized carbons (Fsp3) is 0.690. The molecule has 10 atom stereocenters. The largest absolute Gasteiger partial charge is 0.491 e. The van der Waals surface area contributed by atoms with Gasteiger partial charge in [0, 0.05) is 44.0 Å². The van der Waals surface area contributed by atoms with Crippen LogP contribution in [0.1, 0.15) is 118 Å². The lowest BCUT2D eigenvalue weighted by molar-refractivity contribution is -0.160. The molecule has 0 spiro atoms. The van der Waals surface area contributed by atoms with Crippen LogP contribution in [0.4, 0.5) is 9.18 Å². The normalized spacial score (nSPS) is 26.3. The van der Waals surface area contributed by atoms with Crippen LogP contribution in [0, 0.1) is 36.0 Å². The Morgan fingerprint density at radius 3 is 2.38 bits per heavy atom. The number of nitrogens with one attached hydrogen (secondary N) is 3. The predicted octanol–water partition coefficient (Wildman–Crippen LogP) is 8.52. The number of hydrogen-bond donors (Lipinski definition) is 4. The second kappa shape index (κ2) is 25.8. The summed E-state index contributed by atoms with van der Waals surface area (Å²) in [5.41, 5.74) is 2.60. The van der Waals surface area contributed by atoms with Gasteiger partial charge in [-0.25, -0.2) is 14.2 Å². The van der Waals surface area contributed by atoms with E-state index in [9.17, 15) is 33.5 Å². The lowest BCUT2D eigenvalue weighted by atomic mass is 9.65. The zero-order valence-corrected chi connectivity index (χ0v) is 49.6. The van der Waals surface area contributed by atoms with Crippen LogP contribution in [0.5, 0.6) is 5.75 Å². The maximum Gasteiger partial charge on any atom is 0.407 e. The van der Waals surface area contributed by atoms with Gasteiger partial charge in [-0.1, -0.05) is 85.8 Å². The third-order valence-corrected chi connectivity index (χ3v) is 21.9. The van der Waals surface area contributed by atoms with Crippen molar-refractivity contribution in [1.29, 1.82) is 0 Å². The van der Waals surface area contributed by atoms with Crippen LogP contribution in [-0.4, -0.2) is 141 Å². The lowest BCUT2D eigenvalue weighted by Gasteiger charge is -2.44. The van der Waals surface area contributed by atoms with Crippen molar-refractivity contribution in [2.75, 3.05) is 46.1 Å². The van der Waals surface area contributed by atoms with Crippen molar-refractivity contribution < 1.29 is 61.6 Å². The van der Waals surface area contributed by atoms with Gasteiger partial charge in [-0.05, 0) is 97.5 Å². The minimum atomic E-state index is -2.06. The molecule has 0 radical (unpaired) electrons. The number of alkyl halides is 1. The van der Waals surface area contributed by atoms with Crippen LogP contribution in [0.15, 0.2) is 47.5 Å². The van der Waals surface area contributed by atoms with Gasteiger partial charge in [0.05, 0.1) is 61.1 Å². The van der Waals surface area contributed by atoms with E-state index >= 15 is 0 Å². The summed E-state index contributed by atoms with van der Waals surface area (Å²) in [5, 5.41) is 19.1. The molecule has 432 valence electrons. The van der Waals surface area contributed by atoms with Gasteiger partial charge in [0.2, 0.25) is 11.8 Å². The first-order valence-electron chi connectivity index (χ1n) is 28.0. The number of β-amino-alcohol motifs (C(OH)–C–C–N with tert-alkyl or cyclic N) is 1. The number of likely N-dealkylation sites (tertiary alicyclic amines) is 1. The highest BCUT2D eigenvalue weighted by molar-refractivity contribution is 7.13. The Balaban J connectivity index is 0.845. The third kappa shape index (κ3) is 15.8. The predicted molar refractivity (Wildman–Crippen MR) is 298 cm³/mol. The molecule has 0 unspecified atom stereocenters. The molecule has 20 heteroatoms. The number of aryl methyl sites for hydroxylation is 1. The van der Waals surface area contributed by atoms with Crippen LogP contribution in [0.3, 0.4) is 0 Å². The summed E-state index contributed by atoms with van der Waals surface area (Å²) in [6.45, 7) is 24.1. The van der Waals surface area contributed by atoms with Crippen molar-refractivity contribution in [1.82, 2.24) is 25.8 Å². The summed E-state index contributed by atoms with van der Waals surface area (Å²) in [6.07, 6.45) is 8.06. The number of cyclic esters (lactones) is 1. The molecular weight excluding hydrogens is 1040 g/mol. The minimum absolute atomic E-state index is 0.00351. The van der Waals surface area contributed by atoms with E-state index in [1.54, 1.807) is 26.3 Å². The second-order valence-corrected chi connectivity index (χ2v) is 30.4. The first-order chi connectivity index (χ1) is 36.7. The van der Waals surface area contributed by atoms with E-state index in [2.05, 4.69) is 86.9 Å². The molecular formula is C58H86FN5O12SSi. The van der Waals surface area contributed by atoms with Crippen molar-refractivity contribution >= 4 is 49.4 Å². The van der Waals surface area contributed by atoms with E-state index in [0.717, 1.165) is 29.0 Å². The highest BCUT2D eigenvalue weighted by atomic mass is 32.1. The summed E-state index contributed by atoms with van der Waals surface area (Å²) < 4.78 is 51.3. The molecule has 4 amide bonds. The fourth-order valence-electron chi connectivity index (χ4n) is 10.8. The van der Waals surface area contributed by atoms with E-state index in [-0.39, 0.29) is 125 Å². The number of fused-ring (bicyclic) bond motifs is 1. The third-order valence-electron chi connectivity index (χ3n) is 16.4.